The molecule has 1 nitrogen and oxygen atoms in total. The van der Waals surface area contributed by atoms with Gasteiger partial charge in [-0.05, 0) is 19.1 Å². The van der Waals surface area contributed by atoms with Gasteiger partial charge in [-0.15, -0.1) is 6.42 Å². The molecule has 0 aromatic heterocycles. The van der Waals surface area contributed by atoms with Crippen LogP contribution in [0, 0.1) is 12.3 Å². The van der Waals surface area contributed by atoms with E-state index in [1.54, 1.807) is 6.08 Å². The van der Waals surface area contributed by atoms with Gasteiger partial charge >= 0.3 is 0 Å². The molecule has 0 fully saturated rings. The fraction of sp³-hybridized carbons (Fsp3) is 0.0909. The summed E-state index contributed by atoms with van der Waals surface area (Å²) in [6, 6.07) is 9.92. The maximum absolute atomic E-state index is 5.12. The molecule has 1 heteroatoms. The second kappa shape index (κ2) is 4.25. The van der Waals surface area contributed by atoms with Crippen molar-refractivity contribution in [2.45, 2.75) is 6.92 Å². The largest absolute Gasteiger partial charge is 0.359 e. The number of allylic oxidation sites excluding steroid dienone is 2. The summed E-state index contributed by atoms with van der Waals surface area (Å²) in [6.45, 7) is 1.94. The van der Waals surface area contributed by atoms with E-state index in [1.165, 1.54) is 0 Å². The quantitative estimate of drug-likeness (QED) is 0.651. The van der Waals surface area contributed by atoms with Gasteiger partial charge in [-0.25, -0.2) is 0 Å². The van der Waals surface area contributed by atoms with Gasteiger partial charge in [0.1, 0.15) is 0 Å². The highest BCUT2D eigenvalue weighted by Crippen LogP contribution is 2.07. The third-order valence-corrected chi connectivity index (χ3v) is 1.42. The first kappa shape index (κ1) is 8.42. The predicted molar refractivity (Wildman–Crippen MR) is 52.7 cm³/mol. The normalized spacial score (nSPS) is 10.5. The average molecular weight is 157 g/mol. The molecule has 0 saturated carbocycles. The molecule has 0 bridgehead atoms. The number of hydrogen-bond donors (Lipinski definition) is 1. The van der Waals surface area contributed by atoms with Crippen molar-refractivity contribution in [3.63, 3.8) is 0 Å². The highest BCUT2D eigenvalue weighted by molar-refractivity contribution is 5.48. The first-order chi connectivity index (χ1) is 5.83. The lowest BCUT2D eigenvalue weighted by Gasteiger charge is -2.03. The second-order valence-electron chi connectivity index (χ2n) is 2.49. The molecule has 0 heterocycles. The zero-order valence-corrected chi connectivity index (χ0v) is 7.04. The number of para-hydroxylation sites is 1. The van der Waals surface area contributed by atoms with Crippen molar-refractivity contribution >= 4 is 5.69 Å². The van der Waals surface area contributed by atoms with Crippen LogP contribution in [0.25, 0.3) is 0 Å². The van der Waals surface area contributed by atoms with Crippen molar-refractivity contribution in [1.82, 2.24) is 0 Å². The van der Waals surface area contributed by atoms with Gasteiger partial charge in [0.15, 0.2) is 0 Å². The zero-order valence-electron chi connectivity index (χ0n) is 7.04. The average Bonchev–Trinajstić information content (AvgIpc) is 2.06. The lowest BCUT2D eigenvalue weighted by atomic mass is 10.3. The summed E-state index contributed by atoms with van der Waals surface area (Å²) in [5.41, 5.74) is 2.03. The van der Waals surface area contributed by atoms with Crippen LogP contribution >= 0.6 is 0 Å². The van der Waals surface area contributed by atoms with E-state index in [2.05, 4.69) is 11.2 Å². The minimum atomic E-state index is 0.976. The highest BCUT2D eigenvalue weighted by Gasteiger charge is 1.88. The maximum atomic E-state index is 5.12. The second-order valence-corrected chi connectivity index (χ2v) is 2.49. The molecule has 0 amide bonds. The van der Waals surface area contributed by atoms with Crippen molar-refractivity contribution < 1.29 is 0 Å². The molecule has 0 unspecified atom stereocenters. The summed E-state index contributed by atoms with van der Waals surface area (Å²) < 4.78 is 0. The van der Waals surface area contributed by atoms with Gasteiger partial charge in [-0.2, -0.15) is 0 Å². The van der Waals surface area contributed by atoms with Crippen LogP contribution in [-0.2, 0) is 0 Å². The first-order valence-corrected chi connectivity index (χ1v) is 3.78. The Morgan fingerprint density at radius 1 is 1.42 bits per heavy atom. The molecule has 0 radical (unpaired) electrons. The van der Waals surface area contributed by atoms with Gasteiger partial charge in [0.05, 0.1) is 0 Å². The summed E-state index contributed by atoms with van der Waals surface area (Å²) in [5, 5.41) is 3.16. The third-order valence-electron chi connectivity index (χ3n) is 1.42. The monoisotopic (exact) mass is 157 g/mol. The number of hydrogen-bond acceptors (Lipinski definition) is 1. The number of rotatable bonds is 2. The van der Waals surface area contributed by atoms with Crippen LogP contribution in [0.1, 0.15) is 6.92 Å². The Morgan fingerprint density at radius 3 is 2.67 bits per heavy atom. The topological polar surface area (TPSA) is 12.0 Å². The van der Waals surface area contributed by atoms with Crippen LogP contribution in [0.2, 0.25) is 0 Å². The standard InChI is InChI=1S/C11H11N/c1-3-7-10(2)12-11-8-5-4-6-9-11/h1,4-9,12H,2H3/b10-7-. The third kappa shape index (κ3) is 2.51. The molecular weight excluding hydrogens is 146 g/mol. The number of benzene rings is 1. The molecule has 0 saturated heterocycles. The van der Waals surface area contributed by atoms with E-state index in [0.29, 0.717) is 0 Å². The Bertz CT molecular complexity index is 304. The van der Waals surface area contributed by atoms with Gasteiger partial charge in [0.25, 0.3) is 0 Å². The van der Waals surface area contributed by atoms with Gasteiger partial charge < -0.3 is 5.32 Å². The molecule has 1 aromatic carbocycles. The van der Waals surface area contributed by atoms with E-state index in [9.17, 15) is 0 Å². The first-order valence-electron chi connectivity index (χ1n) is 3.78. The lowest BCUT2D eigenvalue weighted by Crippen LogP contribution is -1.93. The van der Waals surface area contributed by atoms with Crippen molar-refractivity contribution in [1.29, 1.82) is 0 Å². The van der Waals surface area contributed by atoms with E-state index < -0.39 is 0 Å². The Balaban J connectivity index is 2.66. The SMILES string of the molecule is C#C/C=C(/C)Nc1ccccc1. The Hall–Kier alpha value is -1.68. The Morgan fingerprint density at radius 2 is 2.08 bits per heavy atom. The van der Waals surface area contributed by atoms with Crippen LogP contribution in [0.15, 0.2) is 42.1 Å². The van der Waals surface area contributed by atoms with Gasteiger partial charge in [-0.1, -0.05) is 24.1 Å². The molecule has 1 aromatic rings. The molecule has 12 heavy (non-hydrogen) atoms. The van der Waals surface area contributed by atoms with Crippen LogP contribution < -0.4 is 5.32 Å². The predicted octanol–water partition coefficient (Wildman–Crippen LogP) is 2.64. The van der Waals surface area contributed by atoms with Crippen LogP contribution in [0.4, 0.5) is 5.69 Å². The van der Waals surface area contributed by atoms with E-state index in [0.717, 1.165) is 11.4 Å². The van der Waals surface area contributed by atoms with Gasteiger partial charge in [-0.3, -0.25) is 0 Å². The minimum absolute atomic E-state index is 0.976. The molecule has 0 aliphatic heterocycles. The molecule has 0 spiro atoms. The summed E-state index contributed by atoms with van der Waals surface area (Å²) in [5.74, 6) is 2.46. The Labute approximate surface area is 73.1 Å². The minimum Gasteiger partial charge on any atom is -0.359 e. The summed E-state index contributed by atoms with van der Waals surface area (Å²) in [6.07, 6.45) is 6.82. The summed E-state index contributed by atoms with van der Waals surface area (Å²) >= 11 is 0. The number of anilines is 1. The van der Waals surface area contributed by atoms with Crippen LogP contribution in [0.5, 0.6) is 0 Å². The fourth-order valence-electron chi connectivity index (χ4n) is 0.910. The van der Waals surface area contributed by atoms with Gasteiger partial charge in [0.2, 0.25) is 0 Å². The number of nitrogens with one attached hydrogen (secondary N) is 1. The molecule has 0 aliphatic carbocycles. The molecule has 60 valence electrons. The summed E-state index contributed by atoms with van der Waals surface area (Å²) in [7, 11) is 0. The summed E-state index contributed by atoms with van der Waals surface area (Å²) in [4.78, 5) is 0. The molecule has 0 aliphatic rings. The van der Waals surface area contributed by atoms with Crippen LogP contribution in [0.3, 0.4) is 0 Å². The molecular formula is C11H11N. The molecule has 0 atom stereocenters. The van der Waals surface area contributed by atoms with Crippen molar-refractivity contribution in [2.75, 3.05) is 5.32 Å². The van der Waals surface area contributed by atoms with E-state index in [4.69, 9.17) is 6.42 Å². The van der Waals surface area contributed by atoms with E-state index in [-0.39, 0.29) is 0 Å². The van der Waals surface area contributed by atoms with Crippen molar-refractivity contribution in [2.24, 2.45) is 0 Å². The highest BCUT2D eigenvalue weighted by atomic mass is 14.9. The van der Waals surface area contributed by atoms with Crippen molar-refractivity contribution in [3.05, 3.63) is 42.1 Å². The van der Waals surface area contributed by atoms with Gasteiger partial charge in [0, 0.05) is 17.5 Å². The molecule has 1 rings (SSSR count). The fourth-order valence-corrected chi connectivity index (χ4v) is 0.910. The zero-order chi connectivity index (χ0) is 8.81. The van der Waals surface area contributed by atoms with E-state index in [1.807, 2.05) is 37.3 Å². The smallest absolute Gasteiger partial charge is 0.0381 e. The lowest BCUT2D eigenvalue weighted by molar-refractivity contribution is 1.38. The Kier molecular flexibility index (Phi) is 2.98. The maximum Gasteiger partial charge on any atom is 0.0381 e. The number of terminal acetylenes is 1. The molecule has 1 N–H and O–H groups in total. The van der Waals surface area contributed by atoms with Crippen molar-refractivity contribution in [3.8, 4) is 12.3 Å². The van der Waals surface area contributed by atoms with E-state index >= 15 is 0 Å². The van der Waals surface area contributed by atoms with Crippen LogP contribution in [-0.4, -0.2) is 0 Å².